The highest BCUT2D eigenvalue weighted by atomic mass is 32.2. The topological polar surface area (TPSA) is 65.2 Å². The number of hydrogen-bond donors (Lipinski definition) is 0. The van der Waals surface area contributed by atoms with Crippen molar-refractivity contribution < 1.29 is 13.9 Å². The van der Waals surface area contributed by atoms with Crippen molar-refractivity contribution in [2.24, 2.45) is 5.92 Å². The zero-order valence-corrected chi connectivity index (χ0v) is 15.7. The predicted molar refractivity (Wildman–Crippen MR) is 98.2 cm³/mol. The van der Waals surface area contributed by atoms with Gasteiger partial charge in [-0.05, 0) is 42.9 Å². The maximum Gasteiger partial charge on any atom is 0.373 e. The zero-order valence-electron chi connectivity index (χ0n) is 14.1. The van der Waals surface area contributed by atoms with Crippen LogP contribution in [0.15, 0.2) is 27.9 Å². The van der Waals surface area contributed by atoms with Crippen molar-refractivity contribution in [1.82, 2.24) is 9.97 Å². The van der Waals surface area contributed by atoms with Gasteiger partial charge in [0.2, 0.25) is 5.76 Å². The molecule has 0 N–H and O–H groups in total. The molecular weight excluding hydrogens is 356 g/mol. The Hall–Kier alpha value is -1.86. The molecule has 130 valence electrons. The molecule has 0 radical (unpaired) electrons. The first-order valence-corrected chi connectivity index (χ1v) is 10.0. The van der Waals surface area contributed by atoms with Gasteiger partial charge in [0.25, 0.3) is 0 Å². The van der Waals surface area contributed by atoms with E-state index in [-0.39, 0.29) is 5.76 Å². The van der Waals surface area contributed by atoms with Crippen LogP contribution in [0.1, 0.15) is 40.1 Å². The smallest absolute Gasteiger partial charge is 0.373 e. The van der Waals surface area contributed by atoms with Gasteiger partial charge in [-0.1, -0.05) is 18.7 Å². The molecule has 0 unspecified atom stereocenters. The monoisotopic (exact) mass is 374 g/mol. The number of esters is 1. The molecule has 3 heterocycles. The van der Waals surface area contributed by atoms with Crippen molar-refractivity contribution in [2.75, 3.05) is 7.11 Å². The largest absolute Gasteiger partial charge is 0.463 e. The van der Waals surface area contributed by atoms with E-state index in [1.807, 2.05) is 6.07 Å². The third-order valence-corrected chi connectivity index (χ3v) is 6.63. The fourth-order valence-corrected chi connectivity index (χ4v) is 5.50. The van der Waals surface area contributed by atoms with Gasteiger partial charge in [0.1, 0.15) is 21.9 Å². The predicted octanol–water partition coefficient (Wildman–Crippen LogP) is 4.49. The molecule has 25 heavy (non-hydrogen) atoms. The lowest BCUT2D eigenvalue weighted by Crippen LogP contribution is -2.08. The second-order valence-corrected chi connectivity index (χ2v) is 8.30. The van der Waals surface area contributed by atoms with Crippen molar-refractivity contribution >= 4 is 39.3 Å². The molecule has 0 saturated heterocycles. The molecule has 0 bridgehead atoms. The summed E-state index contributed by atoms with van der Waals surface area (Å²) in [6.45, 7) is 2.31. The number of hydrogen-bond acceptors (Lipinski definition) is 7. The number of thioether (sulfide) groups is 1. The molecule has 4 rings (SSSR count). The minimum absolute atomic E-state index is 0.229. The average molecular weight is 374 g/mol. The Morgan fingerprint density at radius 2 is 2.32 bits per heavy atom. The molecule has 3 aromatic heterocycles. The molecule has 3 aromatic rings. The highest BCUT2D eigenvalue weighted by Gasteiger charge is 2.23. The fourth-order valence-electron chi connectivity index (χ4n) is 3.16. The summed E-state index contributed by atoms with van der Waals surface area (Å²) in [7, 11) is 1.34. The molecule has 0 saturated carbocycles. The Balaban J connectivity index is 1.59. The van der Waals surface area contributed by atoms with Crippen molar-refractivity contribution in [2.45, 2.75) is 37.0 Å². The molecule has 0 aliphatic heterocycles. The standard InChI is InChI=1S/C18H18N2O3S2/c1-10-3-5-12-14(7-10)25-17-15(12)16(19-9-20-17)24-8-11-4-6-13(23-11)18(21)22-2/h4,6,9-10H,3,5,7-8H2,1-2H3/t10-/m1/s1. The summed E-state index contributed by atoms with van der Waals surface area (Å²) in [4.78, 5) is 23.0. The molecule has 0 fully saturated rings. The van der Waals surface area contributed by atoms with Crippen molar-refractivity contribution in [3.05, 3.63) is 40.4 Å². The first-order chi connectivity index (χ1) is 12.2. The van der Waals surface area contributed by atoms with Crippen LogP contribution in [0.2, 0.25) is 0 Å². The van der Waals surface area contributed by atoms with Gasteiger partial charge in [0, 0.05) is 10.3 Å². The minimum Gasteiger partial charge on any atom is -0.463 e. The van der Waals surface area contributed by atoms with Gasteiger partial charge < -0.3 is 9.15 Å². The summed E-state index contributed by atoms with van der Waals surface area (Å²) < 4.78 is 10.2. The van der Waals surface area contributed by atoms with Crippen molar-refractivity contribution in [1.29, 1.82) is 0 Å². The second-order valence-electron chi connectivity index (χ2n) is 6.26. The van der Waals surface area contributed by atoms with Crippen molar-refractivity contribution in [3.8, 4) is 0 Å². The summed E-state index contributed by atoms with van der Waals surface area (Å²) in [6, 6.07) is 3.45. The Kier molecular flexibility index (Phi) is 4.52. The fraction of sp³-hybridized carbons (Fsp3) is 0.389. The Bertz CT molecular complexity index is 932. The van der Waals surface area contributed by atoms with Crippen LogP contribution in [0.4, 0.5) is 0 Å². The zero-order chi connectivity index (χ0) is 17.4. The number of ether oxygens (including phenoxy) is 1. The third kappa shape index (κ3) is 3.18. The Labute approximate surface area is 153 Å². The molecule has 0 amide bonds. The number of nitrogens with zero attached hydrogens (tertiary/aromatic N) is 2. The number of aryl methyl sites for hydroxylation is 1. The van der Waals surface area contributed by atoms with E-state index < -0.39 is 5.97 Å². The highest BCUT2D eigenvalue weighted by Crippen LogP contribution is 2.41. The van der Waals surface area contributed by atoms with Gasteiger partial charge in [-0.3, -0.25) is 0 Å². The van der Waals surface area contributed by atoms with Crippen LogP contribution in [0, 0.1) is 5.92 Å². The van der Waals surface area contributed by atoms with Crippen LogP contribution in [0.25, 0.3) is 10.2 Å². The van der Waals surface area contributed by atoms with E-state index in [9.17, 15) is 4.79 Å². The molecule has 0 spiro atoms. The van der Waals surface area contributed by atoms with E-state index in [0.717, 1.165) is 34.4 Å². The van der Waals surface area contributed by atoms with Crippen LogP contribution in [-0.2, 0) is 23.3 Å². The number of carbonyl (C=O) groups excluding carboxylic acids is 1. The molecule has 1 aliphatic rings. The molecular formula is C18H18N2O3S2. The number of aromatic nitrogens is 2. The minimum atomic E-state index is -0.457. The first-order valence-electron chi connectivity index (χ1n) is 8.20. The van der Waals surface area contributed by atoms with Gasteiger partial charge in [-0.15, -0.1) is 11.3 Å². The van der Waals surface area contributed by atoms with Gasteiger partial charge in [0.05, 0.1) is 12.9 Å². The number of rotatable bonds is 4. The molecule has 1 atom stereocenters. The maximum absolute atomic E-state index is 11.5. The Morgan fingerprint density at radius 3 is 3.16 bits per heavy atom. The lowest BCUT2D eigenvalue weighted by atomic mass is 9.89. The quantitative estimate of drug-likeness (QED) is 0.381. The number of fused-ring (bicyclic) bond motifs is 3. The lowest BCUT2D eigenvalue weighted by Gasteiger charge is -2.18. The van der Waals surface area contributed by atoms with Crippen LogP contribution < -0.4 is 0 Å². The average Bonchev–Trinajstić information content (AvgIpc) is 3.23. The summed E-state index contributed by atoms with van der Waals surface area (Å²) in [5, 5.41) is 2.20. The van der Waals surface area contributed by atoms with E-state index >= 15 is 0 Å². The molecule has 0 aromatic carbocycles. The summed E-state index contributed by atoms with van der Waals surface area (Å²) in [5.41, 5.74) is 1.43. The molecule has 7 heteroatoms. The third-order valence-electron chi connectivity index (χ3n) is 4.46. The lowest BCUT2D eigenvalue weighted by molar-refractivity contribution is 0.0563. The molecule has 1 aliphatic carbocycles. The first kappa shape index (κ1) is 16.6. The van der Waals surface area contributed by atoms with Crippen molar-refractivity contribution in [3.63, 3.8) is 0 Å². The SMILES string of the molecule is COC(=O)c1ccc(CSc2ncnc3sc4c(c23)CC[C@@H](C)C4)o1. The maximum atomic E-state index is 11.5. The highest BCUT2D eigenvalue weighted by molar-refractivity contribution is 7.98. The number of thiophene rings is 1. The van der Waals surface area contributed by atoms with Crippen LogP contribution in [0.5, 0.6) is 0 Å². The summed E-state index contributed by atoms with van der Waals surface area (Å²) in [6.07, 6.45) is 5.10. The molecule has 5 nitrogen and oxygen atoms in total. The van der Waals surface area contributed by atoms with Crippen LogP contribution in [0.3, 0.4) is 0 Å². The normalized spacial score (nSPS) is 16.8. The number of furan rings is 1. The summed E-state index contributed by atoms with van der Waals surface area (Å²) in [5.74, 6) is 1.86. The summed E-state index contributed by atoms with van der Waals surface area (Å²) >= 11 is 3.42. The van der Waals surface area contributed by atoms with E-state index in [1.54, 1.807) is 35.5 Å². The van der Waals surface area contributed by atoms with E-state index in [2.05, 4.69) is 21.6 Å². The van der Waals surface area contributed by atoms with Gasteiger partial charge in [-0.2, -0.15) is 0 Å². The van der Waals surface area contributed by atoms with Gasteiger partial charge >= 0.3 is 5.97 Å². The Morgan fingerprint density at radius 1 is 1.44 bits per heavy atom. The van der Waals surface area contributed by atoms with Gasteiger partial charge in [-0.25, -0.2) is 14.8 Å². The van der Waals surface area contributed by atoms with Crippen LogP contribution >= 0.6 is 23.1 Å². The number of carbonyl (C=O) groups is 1. The van der Waals surface area contributed by atoms with E-state index in [4.69, 9.17) is 4.42 Å². The van der Waals surface area contributed by atoms with Crippen LogP contribution in [-0.4, -0.2) is 23.0 Å². The number of methoxy groups -OCH3 is 1. The van der Waals surface area contributed by atoms with Gasteiger partial charge in [0.15, 0.2) is 0 Å². The van der Waals surface area contributed by atoms with E-state index in [1.165, 1.54) is 29.4 Å². The van der Waals surface area contributed by atoms with E-state index in [0.29, 0.717) is 5.75 Å². The second kappa shape index (κ2) is 6.80.